The first-order valence-electron chi connectivity index (χ1n) is 3.67. The van der Waals surface area contributed by atoms with Crippen molar-refractivity contribution in [1.29, 1.82) is 0 Å². The number of alkyl halides is 3. The monoisotopic (exact) mass is 277 g/mol. The van der Waals surface area contributed by atoms with E-state index in [-0.39, 0.29) is 11.5 Å². The first-order chi connectivity index (χ1) is 7.15. The average molecular weight is 277 g/mol. The Hall–Kier alpha value is -0.900. The number of thioether (sulfide) groups is 1. The van der Waals surface area contributed by atoms with Gasteiger partial charge in [-0.15, -0.1) is 11.8 Å². The van der Waals surface area contributed by atoms with Crippen LogP contribution in [0.15, 0.2) is 11.3 Å². The number of hydrogen-bond acceptors (Lipinski definition) is 6. The lowest BCUT2D eigenvalue weighted by Crippen LogP contribution is -2.29. The number of carbonyl (C=O) groups is 1. The van der Waals surface area contributed by atoms with Crippen molar-refractivity contribution in [2.24, 2.45) is 0 Å². The van der Waals surface area contributed by atoms with Crippen molar-refractivity contribution in [2.75, 3.05) is 11.5 Å². The fraction of sp³-hybridized carbons (Fsp3) is 0.500. The maximum Gasteiger partial charge on any atom is 0.534 e. The highest BCUT2D eigenvalue weighted by Crippen LogP contribution is 2.32. The Kier molecular flexibility index (Phi) is 3.43. The lowest BCUT2D eigenvalue weighted by atomic mass is 10.3. The number of aliphatic carboxylic acids is 1. The molecule has 0 aromatic heterocycles. The molecular formula is C6H4F3O5S2-. The predicted molar refractivity (Wildman–Crippen MR) is 45.4 cm³/mol. The molecule has 92 valence electrons. The SMILES string of the molecule is O=C([O-])C1=C(OS(=O)(=O)C(F)(F)F)CSC1. The van der Waals surface area contributed by atoms with Gasteiger partial charge in [-0.1, -0.05) is 0 Å². The van der Waals surface area contributed by atoms with E-state index in [9.17, 15) is 31.5 Å². The molecule has 16 heavy (non-hydrogen) atoms. The van der Waals surface area contributed by atoms with Crippen LogP contribution in [0.1, 0.15) is 0 Å². The van der Waals surface area contributed by atoms with Crippen molar-refractivity contribution in [2.45, 2.75) is 5.51 Å². The summed E-state index contributed by atoms with van der Waals surface area (Å²) in [5, 5.41) is 10.4. The number of carboxylic acid groups (broad SMARTS) is 1. The zero-order valence-corrected chi connectivity index (χ0v) is 9.04. The van der Waals surface area contributed by atoms with E-state index in [0.717, 1.165) is 11.8 Å². The van der Waals surface area contributed by atoms with E-state index in [0.29, 0.717) is 0 Å². The molecule has 0 saturated carbocycles. The molecule has 10 heteroatoms. The second-order valence-electron chi connectivity index (χ2n) is 2.67. The smallest absolute Gasteiger partial charge is 0.534 e. The molecule has 0 atom stereocenters. The van der Waals surface area contributed by atoms with Crippen molar-refractivity contribution in [3.8, 4) is 0 Å². The summed E-state index contributed by atoms with van der Waals surface area (Å²) >= 11 is 0.918. The molecule has 0 unspecified atom stereocenters. The van der Waals surface area contributed by atoms with Gasteiger partial charge in [-0.05, 0) is 0 Å². The van der Waals surface area contributed by atoms with Crippen LogP contribution in [0, 0.1) is 0 Å². The number of rotatable bonds is 3. The van der Waals surface area contributed by atoms with Gasteiger partial charge in [0.15, 0.2) is 0 Å². The minimum Gasteiger partial charge on any atom is -0.545 e. The third-order valence-corrected chi connectivity index (χ3v) is 3.50. The summed E-state index contributed by atoms with van der Waals surface area (Å²) in [6.45, 7) is 0. The van der Waals surface area contributed by atoms with E-state index in [1.807, 2.05) is 0 Å². The fourth-order valence-electron chi connectivity index (χ4n) is 0.840. The Labute approximate surface area is 92.4 Å². The quantitative estimate of drug-likeness (QED) is 0.516. The van der Waals surface area contributed by atoms with Gasteiger partial charge < -0.3 is 14.1 Å². The molecule has 1 aliphatic heterocycles. The molecule has 0 saturated heterocycles. The standard InChI is InChI=1S/C6H5F3O5S2/c7-6(8,9)16(12,13)14-4-2-15-1-3(4)5(10)11/h1-2H2,(H,10,11)/p-1. The summed E-state index contributed by atoms with van der Waals surface area (Å²) in [5.74, 6) is -2.87. The number of carbonyl (C=O) groups excluding carboxylic acids is 1. The molecule has 5 nitrogen and oxygen atoms in total. The van der Waals surface area contributed by atoms with Gasteiger partial charge >= 0.3 is 15.6 Å². The topological polar surface area (TPSA) is 83.5 Å². The summed E-state index contributed by atoms with van der Waals surface area (Å²) in [4.78, 5) is 10.4. The molecule has 1 rings (SSSR count). The van der Waals surface area contributed by atoms with Crippen LogP contribution in [-0.4, -0.2) is 31.4 Å². The van der Waals surface area contributed by atoms with Gasteiger partial charge in [0, 0.05) is 11.3 Å². The number of carboxylic acids is 1. The third-order valence-electron chi connectivity index (χ3n) is 1.56. The Balaban J connectivity index is 2.99. The predicted octanol–water partition coefficient (Wildman–Crippen LogP) is -0.397. The zero-order chi connectivity index (χ0) is 12.6. The van der Waals surface area contributed by atoms with Crippen LogP contribution in [0.5, 0.6) is 0 Å². The summed E-state index contributed by atoms with van der Waals surface area (Å²) in [6.07, 6.45) is 0. The van der Waals surface area contributed by atoms with E-state index < -0.39 is 32.9 Å². The maximum atomic E-state index is 11.9. The first-order valence-corrected chi connectivity index (χ1v) is 6.23. The molecule has 0 bridgehead atoms. The summed E-state index contributed by atoms with van der Waals surface area (Å²) < 4.78 is 60.6. The molecule has 0 spiro atoms. The van der Waals surface area contributed by atoms with Crippen LogP contribution in [-0.2, 0) is 19.1 Å². The van der Waals surface area contributed by atoms with Crippen molar-refractivity contribution >= 4 is 27.8 Å². The van der Waals surface area contributed by atoms with Crippen molar-refractivity contribution in [3.63, 3.8) is 0 Å². The molecule has 0 N–H and O–H groups in total. The van der Waals surface area contributed by atoms with Gasteiger partial charge in [-0.25, -0.2) is 0 Å². The lowest BCUT2D eigenvalue weighted by molar-refractivity contribution is -0.299. The second kappa shape index (κ2) is 4.17. The lowest BCUT2D eigenvalue weighted by Gasteiger charge is -2.11. The van der Waals surface area contributed by atoms with Gasteiger partial charge in [0.1, 0.15) is 5.76 Å². The van der Waals surface area contributed by atoms with E-state index in [1.165, 1.54) is 0 Å². The molecule has 0 aromatic rings. The van der Waals surface area contributed by atoms with Crippen LogP contribution in [0.3, 0.4) is 0 Å². The van der Waals surface area contributed by atoms with E-state index in [2.05, 4.69) is 4.18 Å². The van der Waals surface area contributed by atoms with Crippen LogP contribution in [0.4, 0.5) is 13.2 Å². The molecular weight excluding hydrogens is 273 g/mol. The highest BCUT2D eigenvalue weighted by atomic mass is 32.2. The molecule has 0 radical (unpaired) electrons. The van der Waals surface area contributed by atoms with E-state index in [4.69, 9.17) is 0 Å². The van der Waals surface area contributed by atoms with Gasteiger partial charge in [0.2, 0.25) is 0 Å². The normalized spacial score (nSPS) is 17.7. The van der Waals surface area contributed by atoms with Crippen LogP contribution >= 0.6 is 11.8 Å². The number of hydrogen-bond donors (Lipinski definition) is 0. The van der Waals surface area contributed by atoms with Gasteiger partial charge in [-0.3, -0.25) is 0 Å². The van der Waals surface area contributed by atoms with E-state index in [1.54, 1.807) is 0 Å². The van der Waals surface area contributed by atoms with Crippen molar-refractivity contribution in [3.05, 3.63) is 11.3 Å². The third kappa shape index (κ3) is 2.61. The average Bonchev–Trinajstić information content (AvgIpc) is 2.49. The van der Waals surface area contributed by atoms with Crippen LogP contribution in [0.2, 0.25) is 0 Å². The van der Waals surface area contributed by atoms with Crippen LogP contribution < -0.4 is 5.11 Å². The Morgan fingerprint density at radius 2 is 1.94 bits per heavy atom. The van der Waals surface area contributed by atoms with E-state index >= 15 is 0 Å². The van der Waals surface area contributed by atoms with Crippen LogP contribution in [0.25, 0.3) is 0 Å². The minimum atomic E-state index is -5.81. The first kappa shape index (κ1) is 13.2. The molecule has 0 fully saturated rings. The fourth-order valence-corrected chi connectivity index (χ4v) is 2.44. The highest BCUT2D eigenvalue weighted by molar-refractivity contribution is 8.00. The molecule has 1 aliphatic rings. The molecule has 0 aliphatic carbocycles. The summed E-state index contributed by atoms with van der Waals surface area (Å²) in [5.41, 5.74) is -6.15. The molecule has 1 heterocycles. The maximum absolute atomic E-state index is 11.9. The van der Waals surface area contributed by atoms with Crippen molar-refractivity contribution in [1.82, 2.24) is 0 Å². The largest absolute Gasteiger partial charge is 0.545 e. The molecule has 0 amide bonds. The zero-order valence-electron chi connectivity index (χ0n) is 7.41. The van der Waals surface area contributed by atoms with Gasteiger partial charge in [-0.2, -0.15) is 21.6 Å². The van der Waals surface area contributed by atoms with Gasteiger partial charge in [0.25, 0.3) is 0 Å². The van der Waals surface area contributed by atoms with Gasteiger partial charge in [0.05, 0.1) is 11.7 Å². The van der Waals surface area contributed by atoms with Crippen molar-refractivity contribution < 1.29 is 35.7 Å². The Morgan fingerprint density at radius 3 is 2.38 bits per heavy atom. The minimum absolute atomic E-state index is 0.148. The highest BCUT2D eigenvalue weighted by Gasteiger charge is 2.49. The Morgan fingerprint density at radius 1 is 1.38 bits per heavy atom. The summed E-state index contributed by atoms with van der Waals surface area (Å²) in [6, 6.07) is 0. The second-order valence-corrected chi connectivity index (χ2v) is 5.19. The number of halogens is 3. The Bertz CT molecular complexity index is 436. The molecule has 0 aromatic carbocycles. The summed E-state index contributed by atoms with van der Waals surface area (Å²) in [7, 11) is -5.81.